The molecule has 0 bridgehead atoms. The Kier molecular flexibility index (Phi) is 3.30. The quantitative estimate of drug-likeness (QED) is 0.661. The van der Waals surface area contributed by atoms with Crippen molar-refractivity contribution in [3.63, 3.8) is 0 Å². The molecule has 1 unspecified atom stereocenters. The van der Waals surface area contributed by atoms with Crippen LogP contribution in [0.1, 0.15) is 16.7 Å². The fourth-order valence-electron chi connectivity index (χ4n) is 1.60. The second-order valence-electron chi connectivity index (χ2n) is 3.85. The number of alkyl halides is 1. The highest BCUT2D eigenvalue weighted by Crippen LogP contribution is 2.36. The summed E-state index contributed by atoms with van der Waals surface area (Å²) in [6.07, 6.45) is 0. The van der Waals surface area contributed by atoms with E-state index in [1.54, 1.807) is 0 Å². The van der Waals surface area contributed by atoms with Gasteiger partial charge >= 0.3 is 0 Å². The summed E-state index contributed by atoms with van der Waals surface area (Å²) in [4.78, 5) is 0. The van der Waals surface area contributed by atoms with Crippen molar-refractivity contribution in [1.82, 2.24) is 0 Å². The second-order valence-corrected chi connectivity index (χ2v) is 5.42. The van der Waals surface area contributed by atoms with Crippen LogP contribution >= 0.6 is 22.6 Å². The van der Waals surface area contributed by atoms with Crippen LogP contribution < -0.4 is 0 Å². The molecule has 16 heavy (non-hydrogen) atoms. The van der Waals surface area contributed by atoms with Gasteiger partial charge in [-0.2, -0.15) is 0 Å². The smallest absolute Gasteiger partial charge is 0.166 e. The van der Waals surface area contributed by atoms with E-state index in [0.717, 1.165) is 11.1 Å². The number of halogens is 1. The largest absolute Gasteiger partial charge is 0.371 e. The Bertz CT molecular complexity index is 460. The Hall–Kier alpha value is -0.870. The summed E-state index contributed by atoms with van der Waals surface area (Å²) in [5, 5.41) is 10.5. The molecule has 1 nitrogen and oxygen atoms in total. The summed E-state index contributed by atoms with van der Waals surface area (Å²) in [5.74, 6) is 0. The Morgan fingerprint density at radius 3 is 1.94 bits per heavy atom. The zero-order valence-corrected chi connectivity index (χ0v) is 11.2. The number of aliphatic hydroxyl groups is 1. The van der Waals surface area contributed by atoms with Crippen molar-refractivity contribution in [3.8, 4) is 0 Å². The lowest BCUT2D eigenvalue weighted by Crippen LogP contribution is -2.18. The van der Waals surface area contributed by atoms with Crippen LogP contribution in [0.4, 0.5) is 0 Å². The van der Waals surface area contributed by atoms with E-state index in [9.17, 15) is 5.11 Å². The van der Waals surface area contributed by atoms with Gasteiger partial charge in [-0.15, -0.1) is 0 Å². The molecular weight excluding hydrogens is 311 g/mol. The van der Waals surface area contributed by atoms with Gasteiger partial charge in [-0.1, -0.05) is 60.2 Å². The minimum Gasteiger partial charge on any atom is -0.371 e. The van der Waals surface area contributed by atoms with Crippen LogP contribution in [-0.4, -0.2) is 5.11 Å². The van der Waals surface area contributed by atoms with Gasteiger partial charge in [0.1, 0.15) is 0 Å². The molecule has 0 fully saturated rings. The Balaban J connectivity index is 2.43. The zero-order chi connectivity index (χ0) is 11.6. The van der Waals surface area contributed by atoms with Crippen molar-refractivity contribution >= 4 is 22.6 Å². The van der Waals surface area contributed by atoms with Crippen molar-refractivity contribution in [2.24, 2.45) is 0 Å². The fraction of sp³-hybridized carbons (Fsp3) is 0.143. The predicted octanol–water partition coefficient (Wildman–Crippen LogP) is 3.62. The van der Waals surface area contributed by atoms with E-state index in [-0.39, 0.29) is 0 Å². The average Bonchev–Trinajstić information content (AvgIpc) is 2.31. The summed E-state index contributed by atoms with van der Waals surface area (Å²) in [7, 11) is 0. The summed E-state index contributed by atoms with van der Waals surface area (Å²) < 4.78 is -0.952. The second kappa shape index (κ2) is 4.55. The molecule has 0 amide bonds. The molecule has 2 rings (SSSR count). The van der Waals surface area contributed by atoms with E-state index in [2.05, 4.69) is 22.6 Å². The van der Waals surface area contributed by atoms with Crippen LogP contribution in [0.2, 0.25) is 0 Å². The highest BCUT2D eigenvalue weighted by molar-refractivity contribution is 14.1. The third-order valence-electron chi connectivity index (χ3n) is 2.59. The van der Waals surface area contributed by atoms with E-state index in [1.165, 1.54) is 5.56 Å². The first-order valence-corrected chi connectivity index (χ1v) is 6.22. The summed E-state index contributed by atoms with van der Waals surface area (Å²) in [5.41, 5.74) is 3.01. The average molecular weight is 324 g/mol. The maximum absolute atomic E-state index is 10.5. The lowest BCUT2D eigenvalue weighted by Gasteiger charge is -2.22. The normalized spacial score (nSPS) is 14.4. The van der Waals surface area contributed by atoms with Crippen LogP contribution in [0.5, 0.6) is 0 Å². The Labute approximate surface area is 109 Å². The number of rotatable bonds is 2. The molecule has 82 valence electrons. The number of hydrogen-bond donors (Lipinski definition) is 1. The van der Waals surface area contributed by atoms with Crippen LogP contribution in [0.25, 0.3) is 0 Å². The maximum Gasteiger partial charge on any atom is 0.166 e. The summed E-state index contributed by atoms with van der Waals surface area (Å²) in [6, 6.07) is 17.7. The monoisotopic (exact) mass is 324 g/mol. The molecule has 0 aliphatic rings. The van der Waals surface area contributed by atoms with Crippen LogP contribution in [0, 0.1) is 6.92 Å². The molecule has 2 aromatic rings. The number of benzene rings is 2. The Morgan fingerprint density at radius 1 is 0.875 bits per heavy atom. The molecule has 0 radical (unpaired) electrons. The minimum atomic E-state index is -0.952. The molecule has 1 atom stereocenters. The third kappa shape index (κ3) is 2.28. The van der Waals surface area contributed by atoms with Crippen molar-refractivity contribution in [3.05, 3.63) is 71.3 Å². The van der Waals surface area contributed by atoms with Crippen molar-refractivity contribution < 1.29 is 5.11 Å². The minimum absolute atomic E-state index is 0.902. The first kappa shape index (κ1) is 11.6. The van der Waals surface area contributed by atoms with Crippen LogP contribution in [-0.2, 0) is 3.61 Å². The highest BCUT2D eigenvalue weighted by Gasteiger charge is 2.27. The van der Waals surface area contributed by atoms with Crippen LogP contribution in [0.15, 0.2) is 54.6 Å². The fourth-order valence-corrected chi connectivity index (χ4v) is 2.32. The number of aryl methyl sites for hydroxylation is 1. The molecule has 0 spiro atoms. The highest BCUT2D eigenvalue weighted by atomic mass is 127. The van der Waals surface area contributed by atoms with Gasteiger partial charge in [-0.25, -0.2) is 0 Å². The van der Waals surface area contributed by atoms with E-state index in [0.29, 0.717) is 0 Å². The van der Waals surface area contributed by atoms with Gasteiger partial charge < -0.3 is 5.11 Å². The molecule has 2 heteroatoms. The van der Waals surface area contributed by atoms with Crippen molar-refractivity contribution in [1.29, 1.82) is 0 Å². The zero-order valence-electron chi connectivity index (χ0n) is 9.02. The van der Waals surface area contributed by atoms with Crippen LogP contribution in [0.3, 0.4) is 0 Å². The molecule has 1 N–H and O–H groups in total. The van der Waals surface area contributed by atoms with Gasteiger partial charge in [0.15, 0.2) is 3.61 Å². The van der Waals surface area contributed by atoms with E-state index in [4.69, 9.17) is 0 Å². The molecule has 0 heterocycles. The first-order chi connectivity index (χ1) is 7.60. The lowest BCUT2D eigenvalue weighted by atomic mass is 10.0. The Morgan fingerprint density at radius 2 is 1.38 bits per heavy atom. The van der Waals surface area contributed by atoms with Crippen molar-refractivity contribution in [2.45, 2.75) is 10.5 Å². The van der Waals surface area contributed by atoms with Gasteiger partial charge in [0.25, 0.3) is 0 Å². The maximum atomic E-state index is 10.5. The first-order valence-electron chi connectivity index (χ1n) is 5.14. The van der Waals surface area contributed by atoms with E-state index >= 15 is 0 Å². The van der Waals surface area contributed by atoms with Gasteiger partial charge in [0.2, 0.25) is 0 Å². The summed E-state index contributed by atoms with van der Waals surface area (Å²) in [6.45, 7) is 2.04. The molecule has 0 aliphatic carbocycles. The van der Waals surface area contributed by atoms with E-state index < -0.39 is 3.61 Å². The van der Waals surface area contributed by atoms with Gasteiger partial charge in [0.05, 0.1) is 0 Å². The molecule has 0 aliphatic heterocycles. The topological polar surface area (TPSA) is 20.2 Å². The molecular formula is C14H13IO. The van der Waals surface area contributed by atoms with Crippen molar-refractivity contribution in [2.75, 3.05) is 0 Å². The number of hydrogen-bond acceptors (Lipinski definition) is 1. The van der Waals surface area contributed by atoms with Gasteiger partial charge in [-0.05, 0) is 40.6 Å². The third-order valence-corrected chi connectivity index (χ3v) is 3.84. The SMILES string of the molecule is Cc1ccc(C(O)(I)c2ccccc2)cc1. The molecule has 0 saturated heterocycles. The molecule has 0 aromatic heterocycles. The van der Waals surface area contributed by atoms with E-state index in [1.807, 2.05) is 61.5 Å². The standard InChI is InChI=1S/C14H13IO/c1-11-7-9-13(10-8-11)14(15,16)12-5-3-2-4-6-12/h2-10,16H,1H3. The van der Waals surface area contributed by atoms with Gasteiger partial charge in [0, 0.05) is 0 Å². The molecule has 2 aromatic carbocycles. The lowest BCUT2D eigenvalue weighted by molar-refractivity contribution is 0.200. The molecule has 0 saturated carbocycles. The van der Waals surface area contributed by atoms with Gasteiger partial charge in [-0.3, -0.25) is 0 Å². The summed E-state index contributed by atoms with van der Waals surface area (Å²) >= 11 is 2.07. The predicted molar refractivity (Wildman–Crippen MR) is 74.6 cm³/mol.